The van der Waals surface area contributed by atoms with E-state index in [4.69, 9.17) is 21.1 Å². The highest BCUT2D eigenvalue weighted by molar-refractivity contribution is 6.35. The van der Waals surface area contributed by atoms with Crippen molar-refractivity contribution >= 4 is 39.2 Å². The summed E-state index contributed by atoms with van der Waals surface area (Å²) in [6, 6.07) is 25.2. The van der Waals surface area contributed by atoms with Crippen molar-refractivity contribution in [2.75, 3.05) is 13.7 Å². The molecule has 0 fully saturated rings. The smallest absolute Gasteiger partial charge is 0.258 e. The number of nitrogens with zero attached hydrogens (tertiary/aromatic N) is 1. The minimum atomic E-state index is -0.702. The van der Waals surface area contributed by atoms with Crippen LogP contribution in [0.4, 0.5) is 0 Å². The second kappa shape index (κ2) is 10.1. The summed E-state index contributed by atoms with van der Waals surface area (Å²) in [6.45, 7) is -0.189. The highest BCUT2D eigenvalue weighted by Crippen LogP contribution is 2.39. The number of hydrogen-bond acceptors (Lipinski definition) is 5. The van der Waals surface area contributed by atoms with E-state index in [-0.39, 0.29) is 18.3 Å². The number of amides is 1. The van der Waals surface area contributed by atoms with Gasteiger partial charge in [0.15, 0.2) is 6.61 Å². The van der Waals surface area contributed by atoms with E-state index in [2.05, 4.69) is 10.3 Å². The molecule has 0 aliphatic carbocycles. The lowest BCUT2D eigenvalue weighted by molar-refractivity contribution is -0.123. The molecule has 0 aliphatic rings. The topological polar surface area (TPSA) is 80.7 Å². The molecule has 36 heavy (non-hydrogen) atoms. The van der Waals surface area contributed by atoms with Gasteiger partial charge in [0.05, 0.1) is 18.2 Å². The largest absolute Gasteiger partial charge is 0.505 e. The summed E-state index contributed by atoms with van der Waals surface area (Å²) in [5.41, 5.74) is 1.57. The summed E-state index contributed by atoms with van der Waals surface area (Å²) in [5.74, 6) is 0.947. The van der Waals surface area contributed by atoms with Crippen molar-refractivity contribution in [3.8, 4) is 17.2 Å². The Morgan fingerprint density at radius 1 is 0.972 bits per heavy atom. The van der Waals surface area contributed by atoms with Crippen molar-refractivity contribution in [2.45, 2.75) is 6.04 Å². The van der Waals surface area contributed by atoms with E-state index in [0.29, 0.717) is 27.2 Å². The average Bonchev–Trinajstić information content (AvgIpc) is 2.92. The molecule has 2 N–H and O–H groups in total. The molecule has 0 saturated carbocycles. The number of rotatable bonds is 7. The Hall–Kier alpha value is -4.29. The maximum atomic E-state index is 13.0. The second-order valence-corrected chi connectivity index (χ2v) is 8.68. The Balaban J connectivity index is 1.55. The number of carbonyl (C=O) groups is 1. The Morgan fingerprint density at radius 3 is 2.56 bits per heavy atom. The number of hydrogen-bond donors (Lipinski definition) is 2. The SMILES string of the molecule is COc1ccc2cc(C(NC(=O)COc3ccccc3)c3cc(Cl)c4cccnc4c3O)ccc2c1. The van der Waals surface area contributed by atoms with Gasteiger partial charge >= 0.3 is 0 Å². The van der Waals surface area contributed by atoms with Gasteiger partial charge in [-0.1, -0.05) is 48.0 Å². The predicted octanol–water partition coefficient (Wildman–Crippen LogP) is 6.04. The molecule has 1 aromatic heterocycles. The van der Waals surface area contributed by atoms with Crippen LogP contribution in [-0.4, -0.2) is 29.7 Å². The number of benzene rings is 4. The third-order valence-corrected chi connectivity index (χ3v) is 6.29. The van der Waals surface area contributed by atoms with Crippen molar-refractivity contribution in [3.05, 3.63) is 107 Å². The highest BCUT2D eigenvalue weighted by Gasteiger charge is 2.24. The fourth-order valence-electron chi connectivity index (χ4n) is 4.18. The number of pyridine rings is 1. The molecule has 5 aromatic rings. The maximum Gasteiger partial charge on any atom is 0.258 e. The van der Waals surface area contributed by atoms with Gasteiger partial charge in [-0.2, -0.15) is 0 Å². The number of aromatic nitrogens is 1. The van der Waals surface area contributed by atoms with Crippen LogP contribution in [0.1, 0.15) is 17.2 Å². The molecule has 1 amide bonds. The molecule has 0 radical (unpaired) electrons. The third kappa shape index (κ3) is 4.76. The number of carbonyl (C=O) groups excluding carboxylic acids is 1. The fraction of sp³-hybridized carbons (Fsp3) is 0.103. The molecule has 5 rings (SSSR count). The molecule has 0 bridgehead atoms. The number of para-hydroxylation sites is 1. The first-order chi connectivity index (χ1) is 17.5. The second-order valence-electron chi connectivity index (χ2n) is 8.27. The van der Waals surface area contributed by atoms with Crippen LogP contribution in [0, 0.1) is 0 Å². The van der Waals surface area contributed by atoms with Gasteiger partial charge < -0.3 is 19.9 Å². The maximum absolute atomic E-state index is 13.0. The fourth-order valence-corrected chi connectivity index (χ4v) is 4.45. The Morgan fingerprint density at radius 2 is 1.75 bits per heavy atom. The molecular formula is C29H23ClN2O4. The molecule has 1 heterocycles. The summed E-state index contributed by atoms with van der Waals surface area (Å²) in [5, 5.41) is 17.2. The zero-order valence-corrected chi connectivity index (χ0v) is 20.2. The molecule has 0 aliphatic heterocycles. The number of halogens is 1. The number of fused-ring (bicyclic) bond motifs is 2. The first-order valence-corrected chi connectivity index (χ1v) is 11.7. The van der Waals surface area contributed by atoms with E-state index in [9.17, 15) is 9.90 Å². The molecular weight excluding hydrogens is 476 g/mol. The lowest BCUT2D eigenvalue weighted by Gasteiger charge is -2.22. The number of nitrogens with one attached hydrogen (secondary N) is 1. The third-order valence-electron chi connectivity index (χ3n) is 5.98. The molecule has 6 nitrogen and oxygen atoms in total. The summed E-state index contributed by atoms with van der Waals surface area (Å²) in [6.07, 6.45) is 1.59. The quantitative estimate of drug-likeness (QED) is 0.286. The molecule has 7 heteroatoms. The Bertz CT molecular complexity index is 1560. The van der Waals surface area contributed by atoms with E-state index >= 15 is 0 Å². The summed E-state index contributed by atoms with van der Waals surface area (Å²) in [4.78, 5) is 17.3. The van der Waals surface area contributed by atoms with Crippen LogP contribution in [0.5, 0.6) is 17.2 Å². The van der Waals surface area contributed by atoms with Gasteiger partial charge in [0, 0.05) is 17.1 Å². The molecule has 1 unspecified atom stereocenters. The molecule has 1 atom stereocenters. The van der Waals surface area contributed by atoms with Crippen molar-refractivity contribution in [2.24, 2.45) is 0 Å². The lowest BCUT2D eigenvalue weighted by atomic mass is 9.94. The normalized spacial score (nSPS) is 11.8. The Kier molecular flexibility index (Phi) is 6.60. The first kappa shape index (κ1) is 23.5. The van der Waals surface area contributed by atoms with Crippen LogP contribution >= 0.6 is 11.6 Å². The van der Waals surface area contributed by atoms with E-state index in [0.717, 1.165) is 22.1 Å². The molecule has 180 valence electrons. The first-order valence-electron chi connectivity index (χ1n) is 11.3. The predicted molar refractivity (Wildman–Crippen MR) is 141 cm³/mol. The van der Waals surface area contributed by atoms with Gasteiger partial charge in [0.2, 0.25) is 0 Å². The number of phenolic OH excluding ortho intramolecular Hbond substituents is 1. The average molecular weight is 499 g/mol. The Labute approximate surface area is 213 Å². The van der Waals surface area contributed by atoms with E-state index in [1.807, 2.05) is 54.6 Å². The molecule has 4 aromatic carbocycles. The van der Waals surface area contributed by atoms with Gasteiger partial charge in [-0.05, 0) is 64.9 Å². The van der Waals surface area contributed by atoms with E-state index < -0.39 is 6.04 Å². The van der Waals surface area contributed by atoms with Crippen LogP contribution in [0.3, 0.4) is 0 Å². The lowest BCUT2D eigenvalue weighted by Crippen LogP contribution is -2.33. The van der Waals surface area contributed by atoms with Gasteiger partial charge in [-0.25, -0.2) is 0 Å². The minimum absolute atomic E-state index is 0.0425. The van der Waals surface area contributed by atoms with Crippen LogP contribution in [0.2, 0.25) is 5.02 Å². The highest BCUT2D eigenvalue weighted by atomic mass is 35.5. The molecule has 0 saturated heterocycles. The van der Waals surface area contributed by atoms with Crippen molar-refractivity contribution < 1.29 is 19.4 Å². The molecule has 0 spiro atoms. The monoisotopic (exact) mass is 498 g/mol. The summed E-state index contributed by atoms with van der Waals surface area (Å²) in [7, 11) is 1.62. The van der Waals surface area contributed by atoms with Crippen molar-refractivity contribution in [3.63, 3.8) is 0 Å². The number of aromatic hydroxyl groups is 1. The van der Waals surface area contributed by atoms with Crippen LogP contribution < -0.4 is 14.8 Å². The van der Waals surface area contributed by atoms with Gasteiger partial charge in [-0.3, -0.25) is 9.78 Å². The summed E-state index contributed by atoms with van der Waals surface area (Å²) >= 11 is 6.57. The van der Waals surface area contributed by atoms with Crippen molar-refractivity contribution in [1.29, 1.82) is 0 Å². The summed E-state index contributed by atoms with van der Waals surface area (Å²) < 4.78 is 11.0. The minimum Gasteiger partial charge on any atom is -0.505 e. The van der Waals surface area contributed by atoms with Crippen LogP contribution in [0.25, 0.3) is 21.7 Å². The number of methoxy groups -OCH3 is 1. The van der Waals surface area contributed by atoms with Gasteiger partial charge in [0.25, 0.3) is 5.91 Å². The van der Waals surface area contributed by atoms with E-state index in [1.54, 1.807) is 43.6 Å². The van der Waals surface area contributed by atoms with Crippen LogP contribution in [0.15, 0.2) is 91.1 Å². The zero-order valence-electron chi connectivity index (χ0n) is 19.4. The number of phenols is 1. The van der Waals surface area contributed by atoms with Crippen LogP contribution in [-0.2, 0) is 4.79 Å². The standard InChI is InChI=1S/C29H23ClN2O4/c1-35-22-12-11-18-14-20(10-9-19(18)15-22)27(32-26(33)17-36-21-6-3-2-4-7-21)24-16-25(30)23-8-5-13-31-28(23)29(24)34/h2-16,27,34H,17H2,1H3,(H,32,33). The van der Waals surface area contributed by atoms with Crippen molar-refractivity contribution in [1.82, 2.24) is 10.3 Å². The van der Waals surface area contributed by atoms with Gasteiger partial charge in [0.1, 0.15) is 22.8 Å². The van der Waals surface area contributed by atoms with E-state index in [1.165, 1.54) is 0 Å². The zero-order chi connectivity index (χ0) is 25.1. The van der Waals surface area contributed by atoms with Gasteiger partial charge in [-0.15, -0.1) is 0 Å². The number of ether oxygens (including phenoxy) is 2.